The van der Waals surface area contributed by atoms with Gasteiger partial charge in [-0.2, -0.15) is 0 Å². The van der Waals surface area contributed by atoms with E-state index in [0.29, 0.717) is 11.7 Å². The fourth-order valence-corrected chi connectivity index (χ4v) is 2.89. The van der Waals surface area contributed by atoms with Crippen LogP contribution < -0.4 is 0 Å². The van der Waals surface area contributed by atoms with E-state index < -0.39 is 0 Å². The van der Waals surface area contributed by atoms with Crippen molar-refractivity contribution >= 4 is 0 Å². The summed E-state index contributed by atoms with van der Waals surface area (Å²) in [6.45, 7) is 8.29. The number of aromatic hydroxyl groups is 1. The summed E-state index contributed by atoms with van der Waals surface area (Å²) in [5.74, 6) is 0.845. The van der Waals surface area contributed by atoms with Gasteiger partial charge in [-0.15, -0.1) is 0 Å². The molecular weight excluding hydrogens is 263 g/mol. The number of hydrogen-bond acceptors (Lipinski definition) is 1. The zero-order chi connectivity index (χ0) is 15.6. The molecule has 0 radical (unpaired) electrons. The van der Waals surface area contributed by atoms with E-state index in [9.17, 15) is 9.50 Å². The largest absolute Gasteiger partial charge is 0.507 e. The molecular formula is C19H23FO. The van der Waals surface area contributed by atoms with Gasteiger partial charge in [0.1, 0.15) is 11.6 Å². The van der Waals surface area contributed by atoms with Gasteiger partial charge in [-0.3, -0.25) is 0 Å². The first-order valence-electron chi connectivity index (χ1n) is 7.43. The van der Waals surface area contributed by atoms with Crippen molar-refractivity contribution in [1.29, 1.82) is 0 Å². The van der Waals surface area contributed by atoms with Crippen molar-refractivity contribution in [3.63, 3.8) is 0 Å². The Morgan fingerprint density at radius 1 is 1.05 bits per heavy atom. The SMILES string of the molecule is Cc1cc(C)c(O)c(CC(c2ccc(F)cc2)C(C)C)c1. The van der Waals surface area contributed by atoms with Crippen LogP contribution in [0.4, 0.5) is 4.39 Å². The molecule has 2 heteroatoms. The number of halogens is 1. The molecule has 2 rings (SSSR count). The summed E-state index contributed by atoms with van der Waals surface area (Å²) in [7, 11) is 0. The van der Waals surface area contributed by atoms with Crippen molar-refractivity contribution in [2.24, 2.45) is 5.92 Å². The molecule has 1 nitrogen and oxygen atoms in total. The summed E-state index contributed by atoms with van der Waals surface area (Å²) in [5.41, 5.74) is 4.15. The number of rotatable bonds is 4. The third kappa shape index (κ3) is 3.63. The van der Waals surface area contributed by atoms with Crippen LogP contribution in [0, 0.1) is 25.6 Å². The number of phenols is 1. The highest BCUT2D eigenvalue weighted by Gasteiger charge is 2.19. The molecule has 0 saturated carbocycles. The van der Waals surface area contributed by atoms with Crippen LogP contribution in [0.2, 0.25) is 0 Å². The van der Waals surface area contributed by atoms with Gasteiger partial charge < -0.3 is 5.11 Å². The standard InChI is InChI=1S/C19H23FO/c1-12(2)18(15-5-7-17(20)8-6-15)11-16-10-13(3)9-14(4)19(16)21/h5-10,12,18,21H,11H2,1-4H3. The average Bonchev–Trinajstić information content (AvgIpc) is 2.42. The number of aryl methyl sites for hydroxylation is 2. The summed E-state index contributed by atoms with van der Waals surface area (Å²) < 4.78 is 13.1. The van der Waals surface area contributed by atoms with Gasteiger partial charge in [-0.25, -0.2) is 4.39 Å². The highest BCUT2D eigenvalue weighted by Crippen LogP contribution is 2.33. The Hall–Kier alpha value is -1.83. The van der Waals surface area contributed by atoms with Crippen LogP contribution in [-0.2, 0) is 6.42 Å². The molecule has 2 aromatic carbocycles. The molecule has 1 N–H and O–H groups in total. The van der Waals surface area contributed by atoms with Gasteiger partial charge in [-0.1, -0.05) is 43.7 Å². The lowest BCUT2D eigenvalue weighted by Crippen LogP contribution is -2.10. The molecule has 0 spiro atoms. The smallest absolute Gasteiger partial charge is 0.123 e. The van der Waals surface area contributed by atoms with E-state index in [2.05, 4.69) is 13.8 Å². The van der Waals surface area contributed by atoms with Crippen molar-refractivity contribution in [3.05, 3.63) is 64.5 Å². The van der Waals surface area contributed by atoms with E-state index in [1.54, 1.807) is 0 Å². The zero-order valence-corrected chi connectivity index (χ0v) is 13.2. The summed E-state index contributed by atoms with van der Waals surface area (Å²) in [6, 6.07) is 10.7. The summed E-state index contributed by atoms with van der Waals surface area (Å²) in [6.07, 6.45) is 0.762. The second kappa shape index (κ2) is 6.30. The maximum Gasteiger partial charge on any atom is 0.123 e. The molecule has 0 amide bonds. The fraction of sp³-hybridized carbons (Fsp3) is 0.368. The number of benzene rings is 2. The Kier molecular flexibility index (Phi) is 4.66. The maximum atomic E-state index is 13.1. The van der Waals surface area contributed by atoms with E-state index in [0.717, 1.165) is 28.7 Å². The van der Waals surface area contributed by atoms with Crippen molar-refractivity contribution < 1.29 is 9.50 Å². The number of hydrogen-bond donors (Lipinski definition) is 1. The molecule has 0 aromatic heterocycles. The summed E-state index contributed by atoms with van der Waals surface area (Å²) >= 11 is 0. The highest BCUT2D eigenvalue weighted by molar-refractivity contribution is 5.43. The molecule has 0 bridgehead atoms. The molecule has 0 aliphatic heterocycles. The van der Waals surface area contributed by atoms with Gasteiger partial charge in [0.15, 0.2) is 0 Å². The average molecular weight is 286 g/mol. The lowest BCUT2D eigenvalue weighted by Gasteiger charge is -2.23. The van der Waals surface area contributed by atoms with E-state index >= 15 is 0 Å². The third-order valence-corrected chi connectivity index (χ3v) is 4.07. The maximum absolute atomic E-state index is 13.1. The van der Waals surface area contributed by atoms with Crippen LogP contribution in [0.5, 0.6) is 5.75 Å². The molecule has 0 aliphatic rings. The second-order valence-corrected chi connectivity index (χ2v) is 6.20. The van der Waals surface area contributed by atoms with Crippen LogP contribution in [0.15, 0.2) is 36.4 Å². The van der Waals surface area contributed by atoms with Crippen molar-refractivity contribution in [1.82, 2.24) is 0 Å². The monoisotopic (exact) mass is 286 g/mol. The normalized spacial score (nSPS) is 12.7. The Morgan fingerprint density at radius 2 is 1.67 bits per heavy atom. The second-order valence-electron chi connectivity index (χ2n) is 6.20. The van der Waals surface area contributed by atoms with Gasteiger partial charge >= 0.3 is 0 Å². The molecule has 1 atom stereocenters. The quantitative estimate of drug-likeness (QED) is 0.826. The minimum absolute atomic E-state index is 0.212. The number of phenolic OH excluding ortho intramolecular Hbond substituents is 1. The molecule has 1 unspecified atom stereocenters. The fourth-order valence-electron chi connectivity index (χ4n) is 2.89. The third-order valence-electron chi connectivity index (χ3n) is 4.07. The van der Waals surface area contributed by atoms with Gasteiger partial charge in [-0.05, 0) is 60.9 Å². The van der Waals surface area contributed by atoms with Crippen LogP contribution in [-0.4, -0.2) is 5.11 Å². The molecule has 0 fully saturated rings. The Morgan fingerprint density at radius 3 is 2.24 bits per heavy atom. The lowest BCUT2D eigenvalue weighted by atomic mass is 9.82. The molecule has 21 heavy (non-hydrogen) atoms. The van der Waals surface area contributed by atoms with E-state index in [4.69, 9.17) is 0 Å². The summed E-state index contributed by atoms with van der Waals surface area (Å²) in [5, 5.41) is 10.3. The minimum Gasteiger partial charge on any atom is -0.507 e. The molecule has 112 valence electrons. The lowest BCUT2D eigenvalue weighted by molar-refractivity contribution is 0.446. The van der Waals surface area contributed by atoms with E-state index in [1.807, 2.05) is 38.1 Å². The van der Waals surface area contributed by atoms with Crippen molar-refractivity contribution in [2.45, 2.75) is 40.0 Å². The molecule has 0 heterocycles. The van der Waals surface area contributed by atoms with Crippen LogP contribution >= 0.6 is 0 Å². The van der Waals surface area contributed by atoms with Crippen LogP contribution in [0.3, 0.4) is 0 Å². The first-order chi connectivity index (χ1) is 9.88. The van der Waals surface area contributed by atoms with E-state index in [1.165, 1.54) is 12.1 Å². The first-order valence-corrected chi connectivity index (χ1v) is 7.43. The Labute approximate surface area is 126 Å². The predicted molar refractivity (Wildman–Crippen MR) is 85.3 cm³/mol. The Bertz CT molecular complexity index is 614. The Balaban J connectivity index is 2.35. The zero-order valence-electron chi connectivity index (χ0n) is 13.2. The van der Waals surface area contributed by atoms with Gasteiger partial charge in [0, 0.05) is 0 Å². The minimum atomic E-state index is -0.212. The van der Waals surface area contributed by atoms with Gasteiger partial charge in [0.2, 0.25) is 0 Å². The topological polar surface area (TPSA) is 20.2 Å². The van der Waals surface area contributed by atoms with Gasteiger partial charge in [0.25, 0.3) is 0 Å². The van der Waals surface area contributed by atoms with Crippen LogP contribution in [0.1, 0.15) is 42.0 Å². The van der Waals surface area contributed by atoms with Crippen molar-refractivity contribution in [2.75, 3.05) is 0 Å². The highest BCUT2D eigenvalue weighted by atomic mass is 19.1. The van der Waals surface area contributed by atoms with Gasteiger partial charge in [0.05, 0.1) is 0 Å². The van der Waals surface area contributed by atoms with Crippen LogP contribution in [0.25, 0.3) is 0 Å². The molecule has 0 aliphatic carbocycles. The first kappa shape index (κ1) is 15.6. The van der Waals surface area contributed by atoms with E-state index in [-0.39, 0.29) is 11.7 Å². The predicted octanol–water partition coefficient (Wildman–Crippen LogP) is 5.13. The molecule has 2 aromatic rings. The van der Waals surface area contributed by atoms with Crippen molar-refractivity contribution in [3.8, 4) is 5.75 Å². The molecule has 0 saturated heterocycles. The summed E-state index contributed by atoms with van der Waals surface area (Å²) in [4.78, 5) is 0.